The third-order valence-electron chi connectivity index (χ3n) is 3.04. The van der Waals surface area contributed by atoms with Crippen LogP contribution in [0.15, 0.2) is 0 Å². The molecule has 1 atom stereocenters. The van der Waals surface area contributed by atoms with E-state index in [1.54, 1.807) is 0 Å². The predicted octanol–water partition coefficient (Wildman–Crippen LogP) is 4.46. The molecule has 1 unspecified atom stereocenters. The van der Waals surface area contributed by atoms with Gasteiger partial charge in [0.2, 0.25) is 0 Å². The van der Waals surface area contributed by atoms with Gasteiger partial charge in [-0.2, -0.15) is 13.2 Å². The Balaban J connectivity index is 3.15. The summed E-state index contributed by atoms with van der Waals surface area (Å²) in [5.41, 5.74) is 0. The molecule has 0 fully saturated rings. The summed E-state index contributed by atoms with van der Waals surface area (Å²) < 4.78 is 41.3. The van der Waals surface area contributed by atoms with Crippen LogP contribution < -0.4 is 0 Å². The highest BCUT2D eigenvalue weighted by molar-refractivity contribution is 4.64. The van der Waals surface area contributed by atoms with Crippen molar-refractivity contribution in [2.24, 2.45) is 0 Å². The molecule has 0 aliphatic heterocycles. The van der Waals surface area contributed by atoms with Gasteiger partial charge in [-0.15, -0.1) is 0 Å². The van der Waals surface area contributed by atoms with Gasteiger partial charge in [0.05, 0.1) is 0 Å². The monoisotopic (exact) mass is 284 g/mol. The maximum Gasteiger partial charge on any atom is 0.414 e. The summed E-state index contributed by atoms with van der Waals surface area (Å²) in [5, 5.41) is 8.77. The number of unbranched alkanes of at least 4 members (excludes halogenated alkanes) is 6. The van der Waals surface area contributed by atoms with Gasteiger partial charge in [0.15, 0.2) is 0 Å². The van der Waals surface area contributed by atoms with Crippen LogP contribution in [0, 0.1) is 0 Å². The fourth-order valence-corrected chi connectivity index (χ4v) is 1.79. The Morgan fingerprint density at radius 2 is 1.42 bits per heavy atom. The zero-order valence-corrected chi connectivity index (χ0v) is 11.8. The zero-order chi connectivity index (χ0) is 14.6. The second-order valence-corrected chi connectivity index (χ2v) is 4.93. The minimum Gasteiger partial charge on any atom is -0.384 e. The Morgan fingerprint density at radius 1 is 0.895 bits per heavy atom. The van der Waals surface area contributed by atoms with Crippen LogP contribution in [0.5, 0.6) is 0 Å². The topological polar surface area (TPSA) is 29.5 Å². The number of rotatable bonds is 12. The van der Waals surface area contributed by atoms with Crippen molar-refractivity contribution in [2.45, 2.75) is 77.0 Å². The van der Waals surface area contributed by atoms with Gasteiger partial charge in [-0.1, -0.05) is 45.4 Å². The molecule has 0 amide bonds. The fourth-order valence-electron chi connectivity index (χ4n) is 1.79. The lowest BCUT2D eigenvalue weighted by atomic mass is 10.1. The van der Waals surface area contributed by atoms with Crippen molar-refractivity contribution in [1.29, 1.82) is 0 Å². The third-order valence-corrected chi connectivity index (χ3v) is 3.04. The van der Waals surface area contributed by atoms with Crippen molar-refractivity contribution >= 4 is 0 Å². The molecular formula is C14H27F3O2. The fraction of sp³-hybridized carbons (Fsp3) is 1.00. The molecule has 0 saturated heterocycles. The highest BCUT2D eigenvalue weighted by Gasteiger charge is 2.37. The van der Waals surface area contributed by atoms with E-state index in [0.717, 1.165) is 19.4 Å². The summed E-state index contributed by atoms with van der Waals surface area (Å²) in [6.45, 7) is 3.52. The lowest BCUT2D eigenvalue weighted by Crippen LogP contribution is -2.28. The van der Waals surface area contributed by atoms with Crippen LogP contribution >= 0.6 is 0 Å². The quantitative estimate of drug-likeness (QED) is 0.536. The van der Waals surface area contributed by atoms with Gasteiger partial charge in [0, 0.05) is 13.2 Å². The van der Waals surface area contributed by atoms with Crippen LogP contribution in [0.25, 0.3) is 0 Å². The average molecular weight is 284 g/mol. The smallest absolute Gasteiger partial charge is 0.384 e. The maximum absolute atomic E-state index is 12.0. The van der Waals surface area contributed by atoms with Gasteiger partial charge < -0.3 is 9.84 Å². The Bertz CT molecular complexity index is 196. The van der Waals surface area contributed by atoms with Crippen molar-refractivity contribution < 1.29 is 23.0 Å². The molecule has 0 radical (unpaired) electrons. The van der Waals surface area contributed by atoms with Gasteiger partial charge in [0.25, 0.3) is 0 Å². The first-order valence-corrected chi connectivity index (χ1v) is 7.31. The van der Waals surface area contributed by atoms with Crippen molar-refractivity contribution in [3.63, 3.8) is 0 Å². The molecule has 0 bridgehead atoms. The van der Waals surface area contributed by atoms with E-state index in [2.05, 4.69) is 6.92 Å². The van der Waals surface area contributed by atoms with E-state index in [4.69, 9.17) is 9.84 Å². The molecule has 0 aliphatic rings. The van der Waals surface area contributed by atoms with Crippen LogP contribution in [-0.4, -0.2) is 30.6 Å². The SMILES string of the molecule is CCCCCCCOCCCCCC(O)C(F)(F)F. The van der Waals surface area contributed by atoms with E-state index < -0.39 is 12.3 Å². The Morgan fingerprint density at radius 3 is 1.95 bits per heavy atom. The van der Waals surface area contributed by atoms with Crippen LogP contribution in [-0.2, 0) is 4.74 Å². The lowest BCUT2D eigenvalue weighted by molar-refractivity contribution is -0.205. The molecule has 0 spiro atoms. The van der Waals surface area contributed by atoms with Crippen LogP contribution in [0.3, 0.4) is 0 Å². The second-order valence-electron chi connectivity index (χ2n) is 4.93. The van der Waals surface area contributed by atoms with E-state index >= 15 is 0 Å². The minimum atomic E-state index is -4.48. The molecule has 0 aromatic carbocycles. The molecule has 0 aromatic rings. The Kier molecular flexibility index (Phi) is 11.4. The van der Waals surface area contributed by atoms with Crippen LogP contribution in [0.1, 0.15) is 64.7 Å². The first-order chi connectivity index (χ1) is 8.98. The number of hydrogen-bond donors (Lipinski definition) is 1. The maximum atomic E-state index is 12.0. The number of ether oxygens (including phenoxy) is 1. The third kappa shape index (κ3) is 12.5. The normalized spacial score (nSPS) is 13.7. The van der Waals surface area contributed by atoms with Gasteiger partial charge >= 0.3 is 6.18 Å². The van der Waals surface area contributed by atoms with E-state index in [9.17, 15) is 13.2 Å². The van der Waals surface area contributed by atoms with E-state index in [-0.39, 0.29) is 6.42 Å². The lowest BCUT2D eigenvalue weighted by Gasteiger charge is -2.13. The molecule has 0 aromatic heterocycles. The molecule has 0 aliphatic carbocycles. The average Bonchev–Trinajstić information content (AvgIpc) is 2.34. The van der Waals surface area contributed by atoms with Crippen molar-refractivity contribution in [3.05, 3.63) is 0 Å². The van der Waals surface area contributed by atoms with Gasteiger partial charge in [-0.3, -0.25) is 0 Å². The molecule has 2 nitrogen and oxygen atoms in total. The minimum absolute atomic E-state index is 0.208. The molecule has 5 heteroatoms. The highest BCUT2D eigenvalue weighted by atomic mass is 19.4. The van der Waals surface area contributed by atoms with Gasteiger partial charge in [0.1, 0.15) is 6.10 Å². The number of aliphatic hydroxyl groups excluding tert-OH is 1. The van der Waals surface area contributed by atoms with E-state index in [0.29, 0.717) is 19.4 Å². The van der Waals surface area contributed by atoms with E-state index in [1.807, 2.05) is 0 Å². The Hall–Kier alpha value is -0.290. The van der Waals surface area contributed by atoms with Crippen LogP contribution in [0.4, 0.5) is 13.2 Å². The molecule has 116 valence electrons. The molecule has 0 rings (SSSR count). The summed E-state index contributed by atoms with van der Waals surface area (Å²) in [4.78, 5) is 0. The largest absolute Gasteiger partial charge is 0.414 e. The summed E-state index contributed by atoms with van der Waals surface area (Å²) in [6, 6.07) is 0. The van der Waals surface area contributed by atoms with Crippen molar-refractivity contribution in [1.82, 2.24) is 0 Å². The summed E-state index contributed by atoms with van der Waals surface area (Å²) in [7, 11) is 0. The summed E-state index contributed by atoms with van der Waals surface area (Å²) >= 11 is 0. The Labute approximate surface area is 114 Å². The molecule has 1 N–H and O–H groups in total. The number of halogens is 3. The van der Waals surface area contributed by atoms with Gasteiger partial charge in [-0.05, 0) is 19.3 Å². The summed E-state index contributed by atoms with van der Waals surface area (Å²) in [6.07, 6.45) is 0.949. The van der Waals surface area contributed by atoms with Crippen LogP contribution in [0.2, 0.25) is 0 Å². The molecule has 0 heterocycles. The molecular weight excluding hydrogens is 257 g/mol. The highest BCUT2D eigenvalue weighted by Crippen LogP contribution is 2.23. The molecule has 0 saturated carbocycles. The summed E-state index contributed by atoms with van der Waals surface area (Å²) in [5.74, 6) is 0. The first-order valence-electron chi connectivity index (χ1n) is 7.31. The first kappa shape index (κ1) is 18.7. The second kappa shape index (κ2) is 11.5. The van der Waals surface area contributed by atoms with E-state index in [1.165, 1.54) is 25.7 Å². The standard InChI is InChI=1S/C14H27F3O2/c1-2-3-4-5-8-11-19-12-9-6-7-10-13(18)14(15,16)17/h13,18H,2-12H2,1H3. The van der Waals surface area contributed by atoms with Gasteiger partial charge in [-0.25, -0.2) is 0 Å². The number of aliphatic hydroxyl groups is 1. The van der Waals surface area contributed by atoms with Crippen molar-refractivity contribution in [2.75, 3.05) is 13.2 Å². The number of hydrogen-bond acceptors (Lipinski definition) is 2. The predicted molar refractivity (Wildman–Crippen MR) is 70.1 cm³/mol. The zero-order valence-electron chi connectivity index (χ0n) is 11.8. The molecule has 19 heavy (non-hydrogen) atoms. The number of alkyl halides is 3. The van der Waals surface area contributed by atoms with Crippen molar-refractivity contribution in [3.8, 4) is 0 Å².